The molecule has 13 heteroatoms. The van der Waals surface area contributed by atoms with Crippen LogP contribution in [0.5, 0.6) is 5.75 Å². The van der Waals surface area contributed by atoms with Crippen LogP contribution in [-0.2, 0) is 0 Å². The zero-order valence-corrected chi connectivity index (χ0v) is 23.2. The van der Waals surface area contributed by atoms with Crippen molar-refractivity contribution in [2.45, 2.75) is 23.7 Å². The second kappa shape index (κ2) is 12.2. The molecule has 8 nitrogen and oxygen atoms in total. The second-order valence-corrected chi connectivity index (χ2v) is 11.1. The van der Waals surface area contributed by atoms with Gasteiger partial charge in [-0.2, -0.15) is 0 Å². The summed E-state index contributed by atoms with van der Waals surface area (Å²) in [5.41, 5.74) is 1.98. The van der Waals surface area contributed by atoms with Gasteiger partial charge in [0, 0.05) is 7.05 Å². The zero-order valence-electron chi connectivity index (χ0n) is 21.5. The predicted octanol–water partition coefficient (Wildman–Crippen LogP) is 2.47. The number of pyridine rings is 2. The van der Waals surface area contributed by atoms with Gasteiger partial charge in [0.25, 0.3) is 0 Å². The first-order chi connectivity index (χ1) is 18.6. The summed E-state index contributed by atoms with van der Waals surface area (Å²) in [6.07, 6.45) is 2.48. The molecule has 1 aliphatic rings. The molecule has 0 bridgehead atoms. The zero-order chi connectivity index (χ0) is 28.2. The molecule has 1 saturated heterocycles. The van der Waals surface area contributed by atoms with Crippen molar-refractivity contribution in [3.05, 3.63) is 47.9 Å². The number of amides is 1. The standard InChI is InChI=1S/C26H28F4N6O2Se/c1-31-24(37)20-13-23(38-3)21(14-33-20)32-9-4-6-16-12-22-19(34-18-8-11-35(2)15-17(18)27)7-5-10-36(22)25(16)39-26(28,29)30/h5,7,10,12-14,17-18,32,34H,8-9,11,15H2,1-3H3,(H,31,37). The molecule has 2 atom stereocenters. The number of halogens is 4. The number of likely N-dealkylation sites (tertiary alicyclic amines) is 1. The molecule has 0 spiro atoms. The van der Waals surface area contributed by atoms with Crippen molar-refractivity contribution in [2.24, 2.45) is 0 Å². The van der Waals surface area contributed by atoms with Crippen LogP contribution in [-0.4, -0.2) is 93.3 Å². The Balaban J connectivity index is 1.59. The van der Waals surface area contributed by atoms with Gasteiger partial charge in [-0.25, -0.2) is 0 Å². The van der Waals surface area contributed by atoms with Crippen LogP contribution in [0.15, 0.2) is 36.7 Å². The minimum atomic E-state index is -4.39. The van der Waals surface area contributed by atoms with Gasteiger partial charge >= 0.3 is 223 Å². The maximum atomic E-state index is 14.7. The van der Waals surface area contributed by atoms with Crippen LogP contribution >= 0.6 is 0 Å². The van der Waals surface area contributed by atoms with Gasteiger partial charge in [-0.05, 0) is 0 Å². The first-order valence-corrected chi connectivity index (χ1v) is 13.8. The molecular weight excluding hydrogens is 583 g/mol. The number of rotatable bonds is 7. The van der Waals surface area contributed by atoms with Crippen molar-refractivity contribution >= 4 is 42.3 Å². The van der Waals surface area contributed by atoms with Gasteiger partial charge in [0.2, 0.25) is 0 Å². The normalized spacial score (nSPS) is 17.8. The van der Waals surface area contributed by atoms with Crippen molar-refractivity contribution in [1.82, 2.24) is 19.6 Å². The van der Waals surface area contributed by atoms with Crippen LogP contribution in [0.25, 0.3) is 5.52 Å². The minimum absolute atomic E-state index is 0.0653. The number of ether oxygens (including phenoxy) is 1. The first-order valence-electron chi connectivity index (χ1n) is 12.1. The number of aromatic nitrogens is 2. The number of carbonyl (C=O) groups is 1. The molecule has 3 aromatic rings. The Morgan fingerprint density at radius 1 is 1.31 bits per heavy atom. The van der Waals surface area contributed by atoms with Crippen LogP contribution in [0.2, 0.25) is 0 Å². The van der Waals surface area contributed by atoms with Crippen molar-refractivity contribution in [3.8, 4) is 17.6 Å². The molecule has 2 unspecified atom stereocenters. The molecule has 3 N–H and O–H groups in total. The summed E-state index contributed by atoms with van der Waals surface area (Å²) in [4.78, 5) is 17.8. The van der Waals surface area contributed by atoms with E-state index in [4.69, 9.17) is 4.74 Å². The third-order valence-corrected chi connectivity index (χ3v) is 7.96. The topological polar surface area (TPSA) is 82.9 Å². The van der Waals surface area contributed by atoms with E-state index in [0.29, 0.717) is 35.6 Å². The number of alkyl halides is 4. The quantitative estimate of drug-likeness (QED) is 0.217. The molecule has 0 aromatic carbocycles. The van der Waals surface area contributed by atoms with Crippen LogP contribution in [0.4, 0.5) is 28.9 Å². The summed E-state index contributed by atoms with van der Waals surface area (Å²) in [6, 6.07) is 6.04. The van der Waals surface area contributed by atoms with Gasteiger partial charge in [-0.1, -0.05) is 0 Å². The summed E-state index contributed by atoms with van der Waals surface area (Å²) < 4.78 is 62.1. The number of piperidine rings is 1. The molecule has 0 aliphatic carbocycles. The molecule has 1 aliphatic heterocycles. The molecule has 1 fully saturated rings. The van der Waals surface area contributed by atoms with Gasteiger partial charge in [0.1, 0.15) is 0 Å². The summed E-state index contributed by atoms with van der Waals surface area (Å²) >= 11 is -1.85. The fourth-order valence-electron chi connectivity index (χ4n) is 4.29. The first kappa shape index (κ1) is 28.5. The molecule has 4 heterocycles. The third kappa shape index (κ3) is 6.95. The van der Waals surface area contributed by atoms with Crippen LogP contribution in [0, 0.1) is 11.8 Å². The SMILES string of the molecule is CNC(=O)c1cc(OC)c(NCC#Cc2cc3c(NC4CCN(C)CC4F)cccn3c2[Se]C(F)(F)F)cn1. The summed E-state index contributed by atoms with van der Waals surface area (Å²) in [7, 11) is 4.79. The van der Waals surface area contributed by atoms with Crippen molar-refractivity contribution in [2.75, 3.05) is 51.5 Å². The molecule has 39 heavy (non-hydrogen) atoms. The molecule has 0 saturated carbocycles. The Bertz CT molecular complexity index is 1400. The van der Waals surface area contributed by atoms with Crippen molar-refractivity contribution in [3.63, 3.8) is 0 Å². The number of hydrogen-bond donors (Lipinski definition) is 3. The molecule has 1 amide bonds. The summed E-state index contributed by atoms with van der Waals surface area (Å²) in [5.74, 6) is 5.74. The Labute approximate surface area is 229 Å². The van der Waals surface area contributed by atoms with E-state index >= 15 is 0 Å². The Morgan fingerprint density at radius 3 is 2.79 bits per heavy atom. The fraction of sp³-hybridized carbons (Fsp3) is 0.385. The summed E-state index contributed by atoms with van der Waals surface area (Å²) in [6.45, 7) is 1.11. The van der Waals surface area contributed by atoms with Gasteiger partial charge in [-0.3, -0.25) is 0 Å². The van der Waals surface area contributed by atoms with Crippen LogP contribution < -0.4 is 25.3 Å². The van der Waals surface area contributed by atoms with Crippen molar-refractivity contribution in [1.29, 1.82) is 0 Å². The molecule has 3 aromatic heterocycles. The van der Waals surface area contributed by atoms with Gasteiger partial charge in [0.05, 0.1) is 0 Å². The van der Waals surface area contributed by atoms with E-state index in [2.05, 4.69) is 32.8 Å². The van der Waals surface area contributed by atoms with E-state index in [1.54, 1.807) is 24.4 Å². The summed E-state index contributed by atoms with van der Waals surface area (Å²) in [5, 5.41) is 4.32. The number of nitrogens with zero attached hydrogens (tertiary/aromatic N) is 3. The monoisotopic (exact) mass is 612 g/mol. The average Bonchev–Trinajstić information content (AvgIpc) is 3.24. The predicted molar refractivity (Wildman–Crippen MR) is 143 cm³/mol. The van der Waals surface area contributed by atoms with E-state index in [-0.39, 0.29) is 28.3 Å². The van der Waals surface area contributed by atoms with Crippen LogP contribution in [0.3, 0.4) is 0 Å². The van der Waals surface area contributed by atoms with Gasteiger partial charge in [-0.15, -0.1) is 0 Å². The maximum absolute atomic E-state index is 14.7. The number of hydrogen-bond acceptors (Lipinski definition) is 6. The fourth-order valence-corrected chi connectivity index (χ4v) is 5.75. The van der Waals surface area contributed by atoms with E-state index in [0.717, 1.165) is 6.54 Å². The van der Waals surface area contributed by atoms with Gasteiger partial charge < -0.3 is 0 Å². The number of methoxy groups -OCH3 is 1. The molecular formula is C26H28F4N6O2Se. The Hall–Kier alpha value is -3.46. The second-order valence-electron chi connectivity index (χ2n) is 8.91. The number of carbonyl (C=O) groups excluding carboxylic acids is 1. The van der Waals surface area contributed by atoms with E-state index in [9.17, 15) is 22.4 Å². The molecule has 0 radical (unpaired) electrons. The van der Waals surface area contributed by atoms with Crippen LogP contribution in [0.1, 0.15) is 22.5 Å². The molecule has 4 rings (SSSR count). The molecule has 208 valence electrons. The van der Waals surface area contributed by atoms with Crippen molar-refractivity contribution < 1.29 is 27.1 Å². The van der Waals surface area contributed by atoms with E-state index in [1.165, 1.54) is 30.8 Å². The van der Waals surface area contributed by atoms with Gasteiger partial charge in [0.15, 0.2) is 0 Å². The number of fused-ring (bicyclic) bond motifs is 1. The van der Waals surface area contributed by atoms with E-state index in [1.807, 2.05) is 11.9 Å². The number of nitrogens with one attached hydrogen (secondary N) is 3. The Morgan fingerprint density at radius 2 is 2.10 bits per heavy atom. The number of anilines is 2. The van der Waals surface area contributed by atoms with E-state index < -0.39 is 32.2 Å². The third-order valence-electron chi connectivity index (χ3n) is 6.20. The average molecular weight is 612 g/mol. The Kier molecular flexibility index (Phi) is 8.90.